The zero-order valence-electron chi connectivity index (χ0n) is 8.37. The van der Waals surface area contributed by atoms with E-state index in [0.29, 0.717) is 5.69 Å². The fourth-order valence-electron chi connectivity index (χ4n) is 1.14. The van der Waals surface area contributed by atoms with Crippen molar-refractivity contribution in [3.63, 3.8) is 0 Å². The minimum atomic E-state index is -0.948. The maximum absolute atomic E-state index is 10.8. The molecule has 0 bridgehead atoms. The molecule has 0 aliphatic heterocycles. The van der Waals surface area contributed by atoms with Crippen molar-refractivity contribution in [2.75, 3.05) is 11.9 Å². The Labute approximate surface area is 83.0 Å². The number of nitrogens with one attached hydrogen (secondary N) is 1. The summed E-state index contributed by atoms with van der Waals surface area (Å²) in [7, 11) is 0. The maximum atomic E-state index is 10.8. The van der Waals surface area contributed by atoms with E-state index in [0.717, 1.165) is 18.7 Å². The molecule has 1 aromatic rings. The molecular weight excluding hydrogens is 180 g/mol. The molecule has 0 aliphatic carbocycles. The van der Waals surface area contributed by atoms with Crippen LogP contribution in [0.5, 0.6) is 0 Å². The van der Waals surface area contributed by atoms with Crippen LogP contribution in [0.2, 0.25) is 0 Å². The van der Waals surface area contributed by atoms with E-state index in [1.807, 2.05) is 13.8 Å². The van der Waals surface area contributed by atoms with Crippen molar-refractivity contribution in [2.24, 2.45) is 0 Å². The fraction of sp³-hybridized carbons (Fsp3) is 0.400. The number of hydrogen-bond donors (Lipinski definition) is 2. The summed E-state index contributed by atoms with van der Waals surface area (Å²) in [4.78, 5) is 14.8. The number of aryl methyl sites for hydroxylation is 1. The minimum Gasteiger partial charge on any atom is -0.478 e. The minimum absolute atomic E-state index is 0.226. The van der Waals surface area contributed by atoms with Gasteiger partial charge in [0.25, 0.3) is 0 Å². The Morgan fingerprint density at radius 2 is 2.36 bits per heavy atom. The van der Waals surface area contributed by atoms with E-state index < -0.39 is 5.97 Å². The van der Waals surface area contributed by atoms with Gasteiger partial charge in [0.05, 0.1) is 5.69 Å². The van der Waals surface area contributed by atoms with Crippen LogP contribution in [-0.4, -0.2) is 22.6 Å². The van der Waals surface area contributed by atoms with Gasteiger partial charge < -0.3 is 10.4 Å². The first-order chi connectivity index (χ1) is 6.65. The van der Waals surface area contributed by atoms with E-state index in [2.05, 4.69) is 10.3 Å². The molecule has 0 saturated heterocycles. The average Bonchev–Trinajstić information content (AvgIpc) is 2.14. The number of carbonyl (C=O) groups is 1. The van der Waals surface area contributed by atoms with Crippen LogP contribution in [0, 0.1) is 6.92 Å². The molecule has 76 valence electrons. The van der Waals surface area contributed by atoms with Gasteiger partial charge >= 0.3 is 5.97 Å². The number of nitrogens with zero attached hydrogens (tertiary/aromatic N) is 1. The topological polar surface area (TPSA) is 62.2 Å². The highest BCUT2D eigenvalue weighted by Crippen LogP contribution is 2.15. The van der Waals surface area contributed by atoms with Gasteiger partial charge in [-0.1, -0.05) is 6.92 Å². The highest BCUT2D eigenvalue weighted by Gasteiger charge is 2.09. The normalized spacial score (nSPS) is 9.86. The van der Waals surface area contributed by atoms with Crippen molar-refractivity contribution in [3.05, 3.63) is 23.5 Å². The SMILES string of the molecule is CCCNc1cc(C)ncc1C(=O)O. The second-order valence-corrected chi connectivity index (χ2v) is 3.10. The van der Waals surface area contributed by atoms with Gasteiger partial charge in [0.15, 0.2) is 0 Å². The van der Waals surface area contributed by atoms with Crippen molar-refractivity contribution in [2.45, 2.75) is 20.3 Å². The highest BCUT2D eigenvalue weighted by atomic mass is 16.4. The first kappa shape index (κ1) is 10.5. The van der Waals surface area contributed by atoms with E-state index >= 15 is 0 Å². The van der Waals surface area contributed by atoms with Crippen molar-refractivity contribution in [1.29, 1.82) is 0 Å². The molecule has 0 amide bonds. The number of carboxylic acid groups (broad SMARTS) is 1. The first-order valence-corrected chi connectivity index (χ1v) is 4.59. The maximum Gasteiger partial charge on any atom is 0.339 e. The number of anilines is 1. The van der Waals surface area contributed by atoms with Crippen LogP contribution in [0.25, 0.3) is 0 Å². The zero-order chi connectivity index (χ0) is 10.6. The lowest BCUT2D eigenvalue weighted by Crippen LogP contribution is -2.08. The van der Waals surface area contributed by atoms with Gasteiger partial charge in [-0.15, -0.1) is 0 Å². The standard InChI is InChI=1S/C10H14N2O2/c1-3-4-11-9-5-7(2)12-6-8(9)10(13)14/h5-6H,3-4H2,1-2H3,(H,11,12)(H,13,14). The molecular formula is C10H14N2O2. The van der Waals surface area contributed by atoms with Crippen molar-refractivity contribution in [1.82, 2.24) is 4.98 Å². The second-order valence-electron chi connectivity index (χ2n) is 3.10. The van der Waals surface area contributed by atoms with Gasteiger partial charge in [0.1, 0.15) is 5.56 Å². The van der Waals surface area contributed by atoms with Crippen molar-refractivity contribution >= 4 is 11.7 Å². The third-order valence-electron chi connectivity index (χ3n) is 1.84. The number of rotatable bonds is 4. The lowest BCUT2D eigenvalue weighted by Gasteiger charge is -2.08. The van der Waals surface area contributed by atoms with E-state index in [9.17, 15) is 4.79 Å². The molecule has 0 saturated carbocycles. The monoisotopic (exact) mass is 194 g/mol. The Morgan fingerprint density at radius 3 is 2.93 bits per heavy atom. The van der Waals surface area contributed by atoms with Gasteiger partial charge in [0.2, 0.25) is 0 Å². The molecule has 0 fully saturated rings. The molecule has 0 aliphatic rings. The quantitative estimate of drug-likeness (QED) is 0.768. The molecule has 1 aromatic heterocycles. The number of hydrogen-bond acceptors (Lipinski definition) is 3. The molecule has 14 heavy (non-hydrogen) atoms. The van der Waals surface area contributed by atoms with E-state index in [-0.39, 0.29) is 5.56 Å². The Morgan fingerprint density at radius 1 is 1.64 bits per heavy atom. The van der Waals surface area contributed by atoms with Crippen molar-refractivity contribution in [3.8, 4) is 0 Å². The average molecular weight is 194 g/mol. The van der Waals surface area contributed by atoms with Crippen LogP contribution < -0.4 is 5.32 Å². The summed E-state index contributed by atoms with van der Waals surface area (Å²) in [6, 6.07) is 1.75. The molecule has 0 spiro atoms. The molecule has 4 heteroatoms. The predicted octanol–water partition coefficient (Wildman–Crippen LogP) is 1.91. The smallest absolute Gasteiger partial charge is 0.339 e. The van der Waals surface area contributed by atoms with Gasteiger partial charge in [-0.25, -0.2) is 4.79 Å². The third-order valence-corrected chi connectivity index (χ3v) is 1.84. The fourth-order valence-corrected chi connectivity index (χ4v) is 1.14. The number of aromatic nitrogens is 1. The summed E-state index contributed by atoms with van der Waals surface area (Å²) in [5.41, 5.74) is 1.68. The van der Waals surface area contributed by atoms with Gasteiger partial charge in [-0.2, -0.15) is 0 Å². The van der Waals surface area contributed by atoms with Gasteiger partial charge in [-0.3, -0.25) is 4.98 Å². The van der Waals surface area contributed by atoms with Gasteiger partial charge in [0, 0.05) is 18.4 Å². The molecule has 2 N–H and O–H groups in total. The van der Waals surface area contributed by atoms with Crippen LogP contribution in [0.4, 0.5) is 5.69 Å². The lowest BCUT2D eigenvalue weighted by molar-refractivity contribution is 0.0697. The van der Waals surface area contributed by atoms with E-state index in [1.165, 1.54) is 6.20 Å². The highest BCUT2D eigenvalue weighted by molar-refractivity contribution is 5.93. The Balaban J connectivity index is 2.97. The van der Waals surface area contributed by atoms with Crippen LogP contribution >= 0.6 is 0 Å². The molecule has 0 atom stereocenters. The third kappa shape index (κ3) is 2.45. The number of pyridine rings is 1. The Hall–Kier alpha value is -1.58. The number of aromatic carboxylic acids is 1. The Kier molecular flexibility index (Phi) is 3.45. The van der Waals surface area contributed by atoms with Crippen LogP contribution in [0.1, 0.15) is 29.4 Å². The molecule has 1 rings (SSSR count). The largest absolute Gasteiger partial charge is 0.478 e. The van der Waals surface area contributed by atoms with Crippen LogP contribution in [0.15, 0.2) is 12.3 Å². The summed E-state index contributed by atoms with van der Waals surface area (Å²) in [6.07, 6.45) is 2.34. The van der Waals surface area contributed by atoms with E-state index in [4.69, 9.17) is 5.11 Å². The van der Waals surface area contributed by atoms with Crippen LogP contribution in [0.3, 0.4) is 0 Å². The summed E-state index contributed by atoms with van der Waals surface area (Å²) < 4.78 is 0. The predicted molar refractivity (Wildman–Crippen MR) is 54.7 cm³/mol. The summed E-state index contributed by atoms with van der Waals surface area (Å²) >= 11 is 0. The number of carboxylic acids is 1. The van der Waals surface area contributed by atoms with E-state index in [1.54, 1.807) is 6.07 Å². The molecule has 0 unspecified atom stereocenters. The Bertz CT molecular complexity index is 337. The summed E-state index contributed by atoms with van der Waals surface area (Å²) in [5, 5.41) is 11.9. The lowest BCUT2D eigenvalue weighted by atomic mass is 10.2. The molecule has 1 heterocycles. The second kappa shape index (κ2) is 4.60. The summed E-state index contributed by atoms with van der Waals surface area (Å²) in [5.74, 6) is -0.948. The molecule has 4 nitrogen and oxygen atoms in total. The summed E-state index contributed by atoms with van der Waals surface area (Å²) in [6.45, 7) is 4.63. The molecule has 0 aromatic carbocycles. The first-order valence-electron chi connectivity index (χ1n) is 4.59. The van der Waals surface area contributed by atoms with Crippen LogP contribution in [-0.2, 0) is 0 Å². The van der Waals surface area contributed by atoms with Crippen molar-refractivity contribution < 1.29 is 9.90 Å². The zero-order valence-corrected chi connectivity index (χ0v) is 8.37. The van der Waals surface area contributed by atoms with Gasteiger partial charge in [-0.05, 0) is 19.4 Å². The molecule has 0 radical (unpaired) electrons.